The van der Waals surface area contributed by atoms with Crippen LogP contribution in [0.3, 0.4) is 0 Å². The molecule has 25 heavy (non-hydrogen) atoms. The van der Waals surface area contributed by atoms with E-state index in [1.54, 1.807) is 17.0 Å². The van der Waals surface area contributed by atoms with E-state index in [1.165, 1.54) is 11.8 Å². The molecule has 3 rings (SSSR count). The number of ketones is 1. The van der Waals surface area contributed by atoms with Gasteiger partial charge in [0.05, 0.1) is 5.69 Å². The Morgan fingerprint density at radius 1 is 1.08 bits per heavy atom. The predicted molar refractivity (Wildman–Crippen MR) is 102 cm³/mol. The van der Waals surface area contributed by atoms with E-state index in [0.29, 0.717) is 12.1 Å². The minimum Gasteiger partial charge on any atom is -0.310 e. The molecule has 0 bridgehead atoms. The number of hydrogen-bond acceptors (Lipinski definition) is 4. The Hall–Kier alpha value is -2.11. The van der Waals surface area contributed by atoms with Gasteiger partial charge in [-0.3, -0.25) is 9.59 Å². The maximum absolute atomic E-state index is 13.0. The van der Waals surface area contributed by atoms with Gasteiger partial charge in [0, 0.05) is 17.0 Å². The molecule has 2 aromatic rings. The van der Waals surface area contributed by atoms with Gasteiger partial charge < -0.3 is 9.80 Å². The van der Waals surface area contributed by atoms with Crippen LogP contribution in [0.4, 0.5) is 5.69 Å². The van der Waals surface area contributed by atoms with Crippen LogP contribution >= 0.6 is 11.8 Å². The Bertz CT molecular complexity index is 761. The zero-order valence-corrected chi connectivity index (χ0v) is 15.3. The zero-order chi connectivity index (χ0) is 17.8. The number of nitrogens with zero attached hydrogens (tertiary/aromatic N) is 2. The summed E-state index contributed by atoms with van der Waals surface area (Å²) in [5.41, 5.74) is 1.49. The molecule has 0 spiro atoms. The maximum Gasteiger partial charge on any atom is 0.248 e. The molecule has 5 heteroatoms. The quantitative estimate of drug-likeness (QED) is 0.589. The molecule has 0 radical (unpaired) electrons. The van der Waals surface area contributed by atoms with E-state index in [9.17, 15) is 9.59 Å². The van der Waals surface area contributed by atoms with Crippen LogP contribution in [0.15, 0.2) is 59.5 Å². The molecule has 0 fully saturated rings. The molecule has 1 aliphatic heterocycles. The second kappa shape index (κ2) is 7.85. The number of fused-ring (bicyclic) bond motifs is 1. The molecule has 1 unspecified atom stereocenters. The molecule has 4 nitrogen and oxygen atoms in total. The van der Waals surface area contributed by atoms with Crippen molar-refractivity contribution in [2.75, 3.05) is 32.1 Å². The van der Waals surface area contributed by atoms with Crippen LogP contribution in [0, 0.1) is 0 Å². The number of para-hydroxylation sites is 1. The van der Waals surface area contributed by atoms with Crippen molar-refractivity contribution in [3.05, 3.63) is 60.2 Å². The van der Waals surface area contributed by atoms with Crippen molar-refractivity contribution < 1.29 is 9.59 Å². The fraction of sp³-hybridized carbons (Fsp3) is 0.300. The number of rotatable bonds is 6. The summed E-state index contributed by atoms with van der Waals surface area (Å²) in [6, 6.07) is 16.9. The highest BCUT2D eigenvalue weighted by Gasteiger charge is 2.38. The van der Waals surface area contributed by atoms with Crippen molar-refractivity contribution in [1.82, 2.24) is 4.90 Å². The summed E-state index contributed by atoms with van der Waals surface area (Å²) < 4.78 is 0. The van der Waals surface area contributed by atoms with Crippen LogP contribution in [-0.4, -0.2) is 49.0 Å². The smallest absolute Gasteiger partial charge is 0.248 e. The Balaban J connectivity index is 1.87. The van der Waals surface area contributed by atoms with E-state index in [1.807, 2.05) is 56.6 Å². The number of benzene rings is 2. The van der Waals surface area contributed by atoms with Gasteiger partial charge in [0.2, 0.25) is 5.91 Å². The van der Waals surface area contributed by atoms with Crippen LogP contribution in [0.25, 0.3) is 0 Å². The summed E-state index contributed by atoms with van der Waals surface area (Å²) in [6.45, 7) is 1.52. The number of amides is 1. The van der Waals surface area contributed by atoms with Gasteiger partial charge >= 0.3 is 0 Å². The van der Waals surface area contributed by atoms with E-state index in [-0.39, 0.29) is 11.7 Å². The number of Topliss-reactive ketones (excluding diaryl/α,β-unsaturated/α-hetero) is 1. The lowest BCUT2D eigenvalue weighted by molar-refractivity contribution is -0.117. The average molecular weight is 354 g/mol. The zero-order valence-electron chi connectivity index (χ0n) is 14.5. The normalized spacial score (nSPS) is 16.8. The summed E-state index contributed by atoms with van der Waals surface area (Å²) in [6.07, 6.45) is 0.865. The number of carbonyl (C=O) groups excluding carboxylic acids is 2. The average Bonchev–Trinajstić information content (AvgIpc) is 2.63. The SMILES string of the molecule is CN(C)CCCN1C(=O)C(C(=O)c2ccccc2)Sc2ccccc21. The van der Waals surface area contributed by atoms with Gasteiger partial charge in [-0.2, -0.15) is 0 Å². The molecule has 0 aromatic heterocycles. The highest BCUT2D eigenvalue weighted by atomic mass is 32.2. The van der Waals surface area contributed by atoms with E-state index >= 15 is 0 Å². The topological polar surface area (TPSA) is 40.6 Å². The highest BCUT2D eigenvalue weighted by molar-refractivity contribution is 8.01. The second-order valence-corrected chi connectivity index (χ2v) is 7.49. The van der Waals surface area contributed by atoms with Crippen molar-refractivity contribution in [3.8, 4) is 0 Å². The summed E-state index contributed by atoms with van der Waals surface area (Å²) in [4.78, 5) is 30.8. The maximum atomic E-state index is 13.0. The fourth-order valence-corrected chi connectivity index (χ4v) is 4.09. The minimum atomic E-state index is -0.711. The van der Waals surface area contributed by atoms with Crippen molar-refractivity contribution in [3.63, 3.8) is 0 Å². The molecule has 0 saturated heterocycles. The molecule has 130 valence electrons. The number of anilines is 1. The fourth-order valence-electron chi connectivity index (χ4n) is 2.91. The molecule has 1 amide bonds. The summed E-state index contributed by atoms with van der Waals surface area (Å²) in [5, 5.41) is -0.711. The third kappa shape index (κ3) is 3.94. The second-order valence-electron chi connectivity index (χ2n) is 6.34. The first-order valence-electron chi connectivity index (χ1n) is 8.39. The lowest BCUT2D eigenvalue weighted by atomic mass is 10.1. The van der Waals surface area contributed by atoms with E-state index < -0.39 is 5.25 Å². The lowest BCUT2D eigenvalue weighted by Gasteiger charge is -2.33. The summed E-state index contributed by atoms with van der Waals surface area (Å²) in [5.74, 6) is -0.237. The Morgan fingerprint density at radius 3 is 2.48 bits per heavy atom. The molecule has 1 atom stereocenters. The van der Waals surface area contributed by atoms with Gasteiger partial charge in [-0.05, 0) is 39.2 Å². The largest absolute Gasteiger partial charge is 0.310 e. The van der Waals surface area contributed by atoms with E-state index in [2.05, 4.69) is 4.90 Å². The minimum absolute atomic E-state index is 0.115. The monoisotopic (exact) mass is 354 g/mol. The van der Waals surface area contributed by atoms with Crippen molar-refractivity contribution >= 4 is 29.1 Å². The summed E-state index contributed by atoms with van der Waals surface area (Å²) in [7, 11) is 4.03. The lowest BCUT2D eigenvalue weighted by Crippen LogP contribution is -2.45. The van der Waals surface area contributed by atoms with Gasteiger partial charge in [-0.25, -0.2) is 0 Å². The van der Waals surface area contributed by atoms with Crippen LogP contribution in [-0.2, 0) is 4.79 Å². The van der Waals surface area contributed by atoms with Gasteiger partial charge in [0.15, 0.2) is 11.0 Å². The van der Waals surface area contributed by atoms with Gasteiger partial charge in [0.1, 0.15) is 0 Å². The molecule has 1 aliphatic rings. The Labute approximate surface area is 152 Å². The molecule has 0 aliphatic carbocycles. The first kappa shape index (κ1) is 17.7. The van der Waals surface area contributed by atoms with E-state index in [0.717, 1.165) is 23.5 Å². The molecule has 0 N–H and O–H groups in total. The van der Waals surface area contributed by atoms with Gasteiger partial charge in [-0.15, -0.1) is 11.8 Å². The standard InChI is InChI=1S/C20H22N2O2S/c1-21(2)13-8-14-22-16-11-6-7-12-17(16)25-19(20(22)24)18(23)15-9-4-3-5-10-15/h3-7,9-12,19H,8,13-14H2,1-2H3. The van der Waals surface area contributed by atoms with Crippen LogP contribution in [0.2, 0.25) is 0 Å². The Kier molecular flexibility index (Phi) is 5.56. The first-order chi connectivity index (χ1) is 12.1. The molecular formula is C20H22N2O2S. The van der Waals surface area contributed by atoms with Crippen LogP contribution in [0.1, 0.15) is 16.8 Å². The van der Waals surface area contributed by atoms with Crippen molar-refractivity contribution in [2.24, 2.45) is 0 Å². The van der Waals surface area contributed by atoms with Crippen molar-refractivity contribution in [1.29, 1.82) is 0 Å². The van der Waals surface area contributed by atoms with Crippen LogP contribution < -0.4 is 4.90 Å². The third-order valence-electron chi connectivity index (χ3n) is 4.17. The predicted octanol–water partition coefficient (Wildman–Crippen LogP) is 3.33. The molecule has 1 heterocycles. The number of hydrogen-bond donors (Lipinski definition) is 0. The van der Waals surface area contributed by atoms with Crippen molar-refractivity contribution in [2.45, 2.75) is 16.6 Å². The van der Waals surface area contributed by atoms with Crippen LogP contribution in [0.5, 0.6) is 0 Å². The third-order valence-corrected chi connectivity index (χ3v) is 5.43. The first-order valence-corrected chi connectivity index (χ1v) is 9.27. The Morgan fingerprint density at radius 2 is 1.76 bits per heavy atom. The molecular weight excluding hydrogens is 332 g/mol. The molecule has 2 aromatic carbocycles. The van der Waals surface area contributed by atoms with Gasteiger partial charge in [-0.1, -0.05) is 42.5 Å². The number of carbonyl (C=O) groups is 2. The summed E-state index contributed by atoms with van der Waals surface area (Å²) >= 11 is 1.36. The number of thioether (sulfide) groups is 1. The van der Waals surface area contributed by atoms with Gasteiger partial charge in [0.25, 0.3) is 0 Å². The molecule has 0 saturated carbocycles. The van der Waals surface area contributed by atoms with E-state index in [4.69, 9.17) is 0 Å². The highest BCUT2D eigenvalue weighted by Crippen LogP contribution is 2.40.